The van der Waals surface area contributed by atoms with Gasteiger partial charge in [0.15, 0.2) is 4.83 Å². The van der Waals surface area contributed by atoms with Crippen LogP contribution in [-0.4, -0.2) is 20.9 Å². The molecule has 146 valence electrons. The molecule has 29 heavy (non-hydrogen) atoms. The van der Waals surface area contributed by atoms with Crippen LogP contribution in [0, 0.1) is 0 Å². The molecule has 2 aromatic heterocycles. The third kappa shape index (κ3) is 4.03. The van der Waals surface area contributed by atoms with E-state index in [0.717, 1.165) is 15.1 Å². The molecule has 1 unspecified atom stereocenters. The Balaban J connectivity index is 1.65. The summed E-state index contributed by atoms with van der Waals surface area (Å²) in [5, 5.41) is 12.0. The van der Waals surface area contributed by atoms with Crippen molar-refractivity contribution in [3.8, 4) is 10.4 Å². The van der Waals surface area contributed by atoms with Crippen molar-refractivity contribution in [1.82, 2.24) is 15.0 Å². The van der Waals surface area contributed by atoms with E-state index in [4.69, 9.17) is 23.2 Å². The first-order valence-corrected chi connectivity index (χ1v) is 10.2. The van der Waals surface area contributed by atoms with Crippen LogP contribution >= 0.6 is 34.5 Å². The number of carbonyl (C=O) groups is 1. The van der Waals surface area contributed by atoms with E-state index in [-0.39, 0.29) is 5.56 Å². The van der Waals surface area contributed by atoms with Gasteiger partial charge in [-0.1, -0.05) is 58.7 Å². The molecule has 0 saturated heterocycles. The van der Waals surface area contributed by atoms with Gasteiger partial charge in [0.2, 0.25) is 5.91 Å². The molecule has 0 aliphatic rings. The first-order chi connectivity index (χ1) is 13.9. The molecule has 0 aliphatic carbocycles. The molecule has 0 spiro atoms. The maximum atomic E-state index is 12.9. The predicted octanol–water partition coefficient (Wildman–Crippen LogP) is 5.03. The zero-order chi connectivity index (χ0) is 20.5. The lowest BCUT2D eigenvalue weighted by atomic mass is 10.2. The zero-order valence-corrected chi connectivity index (χ0v) is 17.4. The first kappa shape index (κ1) is 19.6. The highest BCUT2D eigenvalue weighted by atomic mass is 35.5. The van der Waals surface area contributed by atoms with Gasteiger partial charge in [0.05, 0.1) is 5.39 Å². The van der Waals surface area contributed by atoms with E-state index in [1.807, 2.05) is 30.3 Å². The molecule has 1 amide bonds. The first-order valence-electron chi connectivity index (χ1n) is 8.64. The van der Waals surface area contributed by atoms with Gasteiger partial charge in [-0.25, -0.2) is 0 Å². The molecule has 6 nitrogen and oxygen atoms in total. The number of benzene rings is 2. The fourth-order valence-corrected chi connectivity index (χ4v) is 4.34. The summed E-state index contributed by atoms with van der Waals surface area (Å²) in [6.45, 7) is 1.58. The van der Waals surface area contributed by atoms with Crippen LogP contribution in [0.25, 0.3) is 20.7 Å². The molecule has 1 N–H and O–H groups in total. The van der Waals surface area contributed by atoms with Crippen molar-refractivity contribution < 1.29 is 4.79 Å². The average Bonchev–Trinajstić information content (AvgIpc) is 3.13. The van der Waals surface area contributed by atoms with Crippen molar-refractivity contribution in [2.24, 2.45) is 0 Å². The summed E-state index contributed by atoms with van der Waals surface area (Å²) in [5.74, 6) is -0.433. The molecule has 0 aliphatic heterocycles. The molecular formula is C20H14Cl2N4O2S. The Morgan fingerprint density at radius 2 is 1.79 bits per heavy atom. The summed E-state index contributed by atoms with van der Waals surface area (Å²) in [6, 6.07) is 15.3. The lowest BCUT2D eigenvalue weighted by Crippen LogP contribution is -2.33. The normalized spacial score (nSPS) is 12.1. The number of halogens is 2. The molecule has 0 radical (unpaired) electrons. The minimum absolute atomic E-state index is 0.375. The molecule has 0 fully saturated rings. The second-order valence-electron chi connectivity index (χ2n) is 6.36. The molecule has 2 heterocycles. The van der Waals surface area contributed by atoms with Crippen molar-refractivity contribution in [3.63, 3.8) is 0 Å². The summed E-state index contributed by atoms with van der Waals surface area (Å²) in [5.41, 5.74) is 1.05. The van der Waals surface area contributed by atoms with Crippen LogP contribution in [0.4, 0.5) is 5.69 Å². The van der Waals surface area contributed by atoms with Crippen molar-refractivity contribution in [3.05, 3.63) is 75.0 Å². The standard InChI is InChI=1S/C20H14Cl2N4O2S/c1-11(18(27)23-15-8-13(21)7-14(22)9-15)26-20(28)16-10-17(29-19(16)24-25-26)12-5-3-2-4-6-12/h2-11H,1H3,(H,23,27). The molecule has 0 bridgehead atoms. The Morgan fingerprint density at radius 1 is 1.10 bits per heavy atom. The fraction of sp³-hybridized carbons (Fsp3) is 0.100. The van der Waals surface area contributed by atoms with Crippen LogP contribution in [-0.2, 0) is 4.79 Å². The molecule has 0 saturated carbocycles. The second-order valence-corrected chi connectivity index (χ2v) is 8.26. The molecule has 2 aromatic carbocycles. The summed E-state index contributed by atoms with van der Waals surface area (Å²) >= 11 is 13.3. The number of anilines is 1. The molecule has 4 aromatic rings. The highest BCUT2D eigenvalue weighted by Gasteiger charge is 2.21. The van der Waals surface area contributed by atoms with Crippen LogP contribution in [0.1, 0.15) is 13.0 Å². The number of hydrogen-bond donors (Lipinski definition) is 1. The van der Waals surface area contributed by atoms with Gasteiger partial charge in [0.25, 0.3) is 5.56 Å². The predicted molar refractivity (Wildman–Crippen MR) is 117 cm³/mol. The number of amides is 1. The Kier molecular flexibility index (Phi) is 5.36. The zero-order valence-electron chi connectivity index (χ0n) is 15.1. The van der Waals surface area contributed by atoms with Gasteiger partial charge in [0, 0.05) is 20.6 Å². The lowest BCUT2D eigenvalue weighted by molar-refractivity contribution is -0.119. The van der Waals surface area contributed by atoms with Gasteiger partial charge in [-0.15, -0.1) is 16.4 Å². The maximum Gasteiger partial charge on any atom is 0.279 e. The number of thiophene rings is 1. The number of hydrogen-bond acceptors (Lipinski definition) is 5. The van der Waals surface area contributed by atoms with E-state index in [9.17, 15) is 9.59 Å². The summed E-state index contributed by atoms with van der Waals surface area (Å²) < 4.78 is 1.07. The molecular weight excluding hydrogens is 431 g/mol. The van der Waals surface area contributed by atoms with Crippen LogP contribution in [0.2, 0.25) is 10.0 Å². The number of nitrogens with one attached hydrogen (secondary N) is 1. The van der Waals surface area contributed by atoms with E-state index in [2.05, 4.69) is 15.6 Å². The third-order valence-corrected chi connectivity index (χ3v) is 5.82. The average molecular weight is 445 g/mol. The minimum Gasteiger partial charge on any atom is -0.324 e. The summed E-state index contributed by atoms with van der Waals surface area (Å²) in [7, 11) is 0. The van der Waals surface area contributed by atoms with Crippen LogP contribution in [0.3, 0.4) is 0 Å². The smallest absolute Gasteiger partial charge is 0.279 e. The number of aromatic nitrogens is 3. The summed E-state index contributed by atoms with van der Waals surface area (Å²) in [4.78, 5) is 27.0. The topological polar surface area (TPSA) is 76.9 Å². The number of carbonyl (C=O) groups excluding carboxylic acids is 1. The van der Waals surface area contributed by atoms with Gasteiger partial charge >= 0.3 is 0 Å². The van der Waals surface area contributed by atoms with E-state index < -0.39 is 11.9 Å². The van der Waals surface area contributed by atoms with Crippen LogP contribution < -0.4 is 10.9 Å². The summed E-state index contributed by atoms with van der Waals surface area (Å²) in [6.07, 6.45) is 0. The van der Waals surface area contributed by atoms with Gasteiger partial charge < -0.3 is 5.32 Å². The number of rotatable bonds is 4. The fourth-order valence-electron chi connectivity index (χ4n) is 2.84. The lowest BCUT2D eigenvalue weighted by Gasteiger charge is -2.13. The number of nitrogens with zero attached hydrogens (tertiary/aromatic N) is 3. The molecule has 9 heteroatoms. The van der Waals surface area contributed by atoms with Crippen molar-refractivity contribution in [2.45, 2.75) is 13.0 Å². The van der Waals surface area contributed by atoms with Gasteiger partial charge in [-0.2, -0.15) is 4.68 Å². The van der Waals surface area contributed by atoms with Crippen LogP contribution in [0.15, 0.2) is 59.4 Å². The second kappa shape index (κ2) is 7.94. The maximum absolute atomic E-state index is 12.9. The van der Waals surface area contributed by atoms with Gasteiger partial charge in [-0.3, -0.25) is 9.59 Å². The van der Waals surface area contributed by atoms with Crippen molar-refractivity contribution in [1.29, 1.82) is 0 Å². The van der Waals surface area contributed by atoms with E-state index >= 15 is 0 Å². The Bertz CT molecular complexity index is 1250. The Morgan fingerprint density at radius 3 is 2.48 bits per heavy atom. The third-order valence-electron chi connectivity index (χ3n) is 4.32. The quantitative estimate of drug-likeness (QED) is 0.478. The largest absolute Gasteiger partial charge is 0.324 e. The Hall–Kier alpha value is -2.74. The van der Waals surface area contributed by atoms with E-state index in [1.165, 1.54) is 11.3 Å². The van der Waals surface area contributed by atoms with Crippen molar-refractivity contribution in [2.75, 3.05) is 5.32 Å². The number of fused-ring (bicyclic) bond motifs is 1. The monoisotopic (exact) mass is 444 g/mol. The Labute approximate surface area is 179 Å². The molecule has 1 atom stereocenters. The van der Waals surface area contributed by atoms with Crippen LogP contribution in [0.5, 0.6) is 0 Å². The molecule has 4 rings (SSSR count). The van der Waals surface area contributed by atoms with E-state index in [1.54, 1.807) is 31.2 Å². The van der Waals surface area contributed by atoms with E-state index in [0.29, 0.717) is 25.9 Å². The highest BCUT2D eigenvalue weighted by Crippen LogP contribution is 2.30. The SMILES string of the molecule is CC(C(=O)Nc1cc(Cl)cc(Cl)c1)n1nnc2sc(-c3ccccc3)cc2c1=O. The minimum atomic E-state index is -0.878. The van der Waals surface area contributed by atoms with Gasteiger partial charge in [0.1, 0.15) is 6.04 Å². The highest BCUT2D eigenvalue weighted by molar-refractivity contribution is 7.21. The van der Waals surface area contributed by atoms with Crippen molar-refractivity contribution >= 4 is 56.3 Å². The van der Waals surface area contributed by atoms with Gasteiger partial charge in [-0.05, 0) is 36.8 Å².